The number of hydrogen-bond donors (Lipinski definition) is 1. The van der Waals surface area contributed by atoms with Gasteiger partial charge in [0.1, 0.15) is 17.0 Å². The molecule has 3 aromatic rings. The number of nitrogens with zero attached hydrogens (tertiary/aromatic N) is 2. The van der Waals surface area contributed by atoms with Crippen LogP contribution in [-0.4, -0.2) is 47.1 Å². The van der Waals surface area contributed by atoms with Crippen molar-refractivity contribution in [3.8, 4) is 23.0 Å². The van der Waals surface area contributed by atoms with Gasteiger partial charge in [-0.3, -0.25) is 9.59 Å². The number of nitrogens with one attached hydrogen (secondary N) is 1. The maximum Gasteiger partial charge on any atom is 0.271 e. The monoisotopic (exact) mass is 491 g/mol. The zero-order chi connectivity index (χ0) is 25.3. The molecular formula is C28H33N3O5. The predicted molar refractivity (Wildman–Crippen MR) is 135 cm³/mol. The fourth-order valence-corrected chi connectivity index (χ4v) is 5.41. The summed E-state index contributed by atoms with van der Waals surface area (Å²) in [6.45, 7) is 2.44. The van der Waals surface area contributed by atoms with E-state index in [2.05, 4.69) is 5.32 Å². The van der Waals surface area contributed by atoms with Gasteiger partial charge in [0, 0.05) is 12.6 Å². The molecule has 1 atom stereocenters. The Balaban J connectivity index is 1.53. The number of carbonyl (C=O) groups excluding carboxylic acids is 2. The lowest BCUT2D eigenvalue weighted by Gasteiger charge is -2.45. The van der Waals surface area contributed by atoms with Crippen LogP contribution in [0.5, 0.6) is 11.5 Å². The highest BCUT2D eigenvalue weighted by atomic mass is 16.5. The minimum absolute atomic E-state index is 0.132. The molecule has 190 valence electrons. The Bertz CT molecular complexity index is 1240. The van der Waals surface area contributed by atoms with Gasteiger partial charge in [0.25, 0.3) is 5.91 Å². The topological polar surface area (TPSA) is 85.9 Å². The van der Waals surface area contributed by atoms with E-state index >= 15 is 0 Å². The molecule has 36 heavy (non-hydrogen) atoms. The molecule has 0 radical (unpaired) electrons. The van der Waals surface area contributed by atoms with Crippen molar-refractivity contribution in [2.75, 3.05) is 14.2 Å². The van der Waals surface area contributed by atoms with Crippen molar-refractivity contribution in [1.29, 1.82) is 0 Å². The van der Waals surface area contributed by atoms with Crippen LogP contribution in [0.25, 0.3) is 11.5 Å². The fourth-order valence-electron chi connectivity index (χ4n) is 5.41. The van der Waals surface area contributed by atoms with E-state index in [0.717, 1.165) is 36.9 Å². The molecule has 1 aromatic carbocycles. The lowest BCUT2D eigenvalue weighted by Crippen LogP contribution is -2.64. The van der Waals surface area contributed by atoms with Gasteiger partial charge in [-0.15, -0.1) is 0 Å². The highest BCUT2D eigenvalue weighted by Gasteiger charge is 2.48. The molecule has 8 heteroatoms. The van der Waals surface area contributed by atoms with E-state index < -0.39 is 5.54 Å². The van der Waals surface area contributed by atoms with Crippen LogP contribution in [0, 0.1) is 0 Å². The van der Waals surface area contributed by atoms with Crippen molar-refractivity contribution in [2.24, 2.45) is 0 Å². The average molecular weight is 492 g/mol. The van der Waals surface area contributed by atoms with Gasteiger partial charge in [-0.1, -0.05) is 25.3 Å². The number of amides is 2. The first kappa shape index (κ1) is 24.0. The van der Waals surface area contributed by atoms with Gasteiger partial charge in [-0.2, -0.15) is 0 Å². The number of methoxy groups -OCH3 is 2. The SMILES string of the molecule is COc1ccc(CN2C(=O)c3ccc(-c4ccco4)n3C[C@@]2(C)C(=O)NC2CCCCC2)cc1OC. The zero-order valence-corrected chi connectivity index (χ0v) is 21.1. The standard InChI is InChI=1S/C28H33N3O5/c1-28(27(33)29-20-8-5-4-6-9-20)18-30-21(23-10-7-15-36-23)12-13-22(30)26(32)31(28)17-19-11-14-24(34-2)25(16-19)35-3/h7,10-16,20H,4-6,8-9,17-18H2,1-3H3,(H,29,33)/t28-/m0/s1. The van der Waals surface area contributed by atoms with Crippen molar-refractivity contribution in [3.05, 3.63) is 60.0 Å². The summed E-state index contributed by atoms with van der Waals surface area (Å²) in [5.74, 6) is 1.53. The maximum atomic E-state index is 13.9. The predicted octanol–water partition coefficient (Wildman–Crippen LogP) is 4.63. The lowest BCUT2D eigenvalue weighted by molar-refractivity contribution is -0.134. The van der Waals surface area contributed by atoms with Crippen molar-refractivity contribution in [2.45, 2.75) is 63.7 Å². The Hall–Kier alpha value is -3.68. The van der Waals surface area contributed by atoms with Crippen molar-refractivity contribution < 1.29 is 23.5 Å². The first-order valence-corrected chi connectivity index (χ1v) is 12.5. The largest absolute Gasteiger partial charge is 0.493 e. The van der Waals surface area contributed by atoms with Crippen LogP contribution in [0.1, 0.15) is 55.1 Å². The molecule has 1 fully saturated rings. The summed E-state index contributed by atoms with van der Waals surface area (Å²) in [6, 6.07) is 13.1. The molecule has 0 saturated heterocycles. The number of ether oxygens (including phenoxy) is 2. The second-order valence-corrected chi connectivity index (χ2v) is 9.83. The maximum absolute atomic E-state index is 13.9. The Morgan fingerprint density at radius 2 is 1.81 bits per heavy atom. The lowest BCUT2D eigenvalue weighted by atomic mass is 9.91. The minimum Gasteiger partial charge on any atom is -0.493 e. The molecule has 2 aliphatic rings. The molecule has 1 aliphatic carbocycles. The van der Waals surface area contributed by atoms with E-state index in [9.17, 15) is 9.59 Å². The van der Waals surface area contributed by atoms with Crippen LogP contribution >= 0.6 is 0 Å². The van der Waals surface area contributed by atoms with E-state index in [4.69, 9.17) is 13.9 Å². The van der Waals surface area contributed by atoms with E-state index in [1.165, 1.54) is 6.42 Å². The Morgan fingerprint density at radius 1 is 1.06 bits per heavy atom. The number of benzene rings is 1. The van der Waals surface area contributed by atoms with Crippen LogP contribution < -0.4 is 14.8 Å². The summed E-state index contributed by atoms with van der Waals surface area (Å²) < 4.78 is 18.4. The Labute approximate surface area is 211 Å². The summed E-state index contributed by atoms with van der Waals surface area (Å²) in [5.41, 5.74) is 1.06. The summed E-state index contributed by atoms with van der Waals surface area (Å²) in [5, 5.41) is 3.27. The molecule has 1 N–H and O–H groups in total. The van der Waals surface area contributed by atoms with Gasteiger partial charge in [0.2, 0.25) is 5.91 Å². The number of aromatic nitrogens is 1. The molecule has 2 aromatic heterocycles. The first-order valence-electron chi connectivity index (χ1n) is 12.5. The van der Waals surface area contributed by atoms with Crippen LogP contribution in [0.4, 0.5) is 0 Å². The van der Waals surface area contributed by atoms with Crippen LogP contribution in [-0.2, 0) is 17.9 Å². The molecule has 2 amide bonds. The molecule has 1 saturated carbocycles. The van der Waals surface area contributed by atoms with Gasteiger partial charge in [-0.25, -0.2) is 0 Å². The molecule has 0 unspecified atom stereocenters. The summed E-state index contributed by atoms with van der Waals surface area (Å²) >= 11 is 0. The number of furan rings is 1. The van der Waals surface area contributed by atoms with Gasteiger partial charge in [0.05, 0.1) is 32.7 Å². The normalized spacial score (nSPS) is 20.2. The van der Waals surface area contributed by atoms with E-state index in [0.29, 0.717) is 29.5 Å². The third-order valence-electron chi connectivity index (χ3n) is 7.50. The summed E-state index contributed by atoms with van der Waals surface area (Å²) in [7, 11) is 3.17. The minimum atomic E-state index is -1.10. The number of carbonyl (C=O) groups is 2. The molecule has 8 nitrogen and oxygen atoms in total. The highest BCUT2D eigenvalue weighted by Crippen LogP contribution is 2.36. The summed E-state index contributed by atoms with van der Waals surface area (Å²) in [4.78, 5) is 29.5. The highest BCUT2D eigenvalue weighted by molar-refractivity contribution is 6.00. The fraction of sp³-hybridized carbons (Fsp3) is 0.429. The van der Waals surface area contributed by atoms with Crippen LogP contribution in [0.2, 0.25) is 0 Å². The van der Waals surface area contributed by atoms with Gasteiger partial charge >= 0.3 is 0 Å². The quantitative estimate of drug-likeness (QED) is 0.521. The van der Waals surface area contributed by atoms with E-state index in [1.54, 1.807) is 31.4 Å². The number of rotatable bonds is 7. The molecule has 0 spiro atoms. The third-order valence-corrected chi connectivity index (χ3v) is 7.50. The molecule has 3 heterocycles. The van der Waals surface area contributed by atoms with Crippen LogP contribution in [0.15, 0.2) is 53.1 Å². The van der Waals surface area contributed by atoms with E-state index in [1.807, 2.05) is 47.9 Å². The van der Waals surface area contributed by atoms with Crippen molar-refractivity contribution in [1.82, 2.24) is 14.8 Å². The second kappa shape index (κ2) is 9.76. The first-order chi connectivity index (χ1) is 17.4. The number of hydrogen-bond acceptors (Lipinski definition) is 5. The number of fused-ring (bicyclic) bond motifs is 1. The molecule has 0 bridgehead atoms. The zero-order valence-electron chi connectivity index (χ0n) is 21.1. The average Bonchev–Trinajstić information content (AvgIpc) is 3.57. The van der Waals surface area contributed by atoms with Gasteiger partial charge in [0.15, 0.2) is 11.5 Å². The molecule has 1 aliphatic heterocycles. The van der Waals surface area contributed by atoms with Crippen molar-refractivity contribution >= 4 is 11.8 Å². The van der Waals surface area contributed by atoms with Crippen molar-refractivity contribution in [3.63, 3.8) is 0 Å². The second-order valence-electron chi connectivity index (χ2n) is 9.83. The Morgan fingerprint density at radius 3 is 2.50 bits per heavy atom. The van der Waals surface area contributed by atoms with Crippen LogP contribution in [0.3, 0.4) is 0 Å². The molecule has 5 rings (SSSR count). The van der Waals surface area contributed by atoms with Gasteiger partial charge < -0.3 is 28.7 Å². The van der Waals surface area contributed by atoms with E-state index in [-0.39, 0.29) is 24.4 Å². The Kier molecular flexibility index (Phi) is 6.51. The summed E-state index contributed by atoms with van der Waals surface area (Å²) in [6.07, 6.45) is 6.97. The third kappa shape index (κ3) is 4.25. The molecular weight excluding hydrogens is 458 g/mol. The smallest absolute Gasteiger partial charge is 0.271 e. The van der Waals surface area contributed by atoms with Gasteiger partial charge in [-0.05, 0) is 61.7 Å².